The summed E-state index contributed by atoms with van der Waals surface area (Å²) in [6, 6.07) is 1.65. The summed E-state index contributed by atoms with van der Waals surface area (Å²) >= 11 is 0. The van der Waals surface area contributed by atoms with Crippen molar-refractivity contribution in [3.8, 4) is 0 Å². The monoisotopic (exact) mass is 302 g/mol. The third-order valence-corrected chi connectivity index (χ3v) is 3.42. The van der Waals surface area contributed by atoms with E-state index in [0.717, 1.165) is 18.6 Å². The van der Waals surface area contributed by atoms with Gasteiger partial charge in [0.1, 0.15) is 11.5 Å². The number of carbonyl (C=O) groups is 1. The maximum absolute atomic E-state index is 12.8. The third-order valence-electron chi connectivity index (χ3n) is 3.42. The maximum atomic E-state index is 12.8. The molecule has 5 nitrogen and oxygen atoms in total. The van der Waals surface area contributed by atoms with Crippen molar-refractivity contribution in [3.63, 3.8) is 0 Å². The molecule has 1 aliphatic heterocycles. The first kappa shape index (κ1) is 15.6. The molecule has 21 heavy (non-hydrogen) atoms. The second-order valence-corrected chi connectivity index (χ2v) is 5.44. The van der Waals surface area contributed by atoms with Gasteiger partial charge in [-0.05, 0) is 24.5 Å². The van der Waals surface area contributed by atoms with Crippen molar-refractivity contribution in [3.05, 3.63) is 23.4 Å². The zero-order chi connectivity index (χ0) is 15.8. The fraction of sp³-hybridized carbons (Fsp3) is 0.538. The number of halogens is 3. The van der Waals surface area contributed by atoms with E-state index in [1.165, 1.54) is 0 Å². The van der Waals surface area contributed by atoms with Gasteiger partial charge in [0.15, 0.2) is 0 Å². The van der Waals surface area contributed by atoms with Crippen LogP contribution in [-0.4, -0.2) is 30.0 Å². The van der Waals surface area contributed by atoms with Crippen molar-refractivity contribution in [2.75, 3.05) is 18.0 Å². The van der Waals surface area contributed by atoms with Gasteiger partial charge in [0.05, 0.1) is 5.56 Å². The minimum absolute atomic E-state index is 0.0238. The lowest BCUT2D eigenvalue weighted by Crippen LogP contribution is -2.47. The van der Waals surface area contributed by atoms with Gasteiger partial charge >= 0.3 is 6.18 Å². The van der Waals surface area contributed by atoms with Crippen molar-refractivity contribution in [2.45, 2.75) is 25.6 Å². The molecule has 1 aromatic rings. The highest BCUT2D eigenvalue weighted by atomic mass is 19.4. The second kappa shape index (κ2) is 5.51. The van der Waals surface area contributed by atoms with Gasteiger partial charge in [-0.1, -0.05) is 6.92 Å². The van der Waals surface area contributed by atoms with Crippen LogP contribution < -0.4 is 16.4 Å². The second-order valence-electron chi connectivity index (χ2n) is 5.44. The number of rotatable bonds is 2. The van der Waals surface area contributed by atoms with E-state index in [9.17, 15) is 18.0 Å². The Bertz CT molecular complexity index is 537. The number of hydrogen-bond donors (Lipinski definition) is 2. The number of alkyl halides is 3. The Kier molecular flexibility index (Phi) is 4.08. The van der Waals surface area contributed by atoms with Gasteiger partial charge in [-0.3, -0.25) is 4.79 Å². The summed E-state index contributed by atoms with van der Waals surface area (Å²) in [5, 5.41) is 0. The Morgan fingerprint density at radius 3 is 2.57 bits per heavy atom. The number of nitrogens with two attached hydrogens (primary N) is 2. The average molecular weight is 302 g/mol. The van der Waals surface area contributed by atoms with Crippen molar-refractivity contribution in [1.29, 1.82) is 0 Å². The van der Waals surface area contributed by atoms with E-state index >= 15 is 0 Å². The van der Waals surface area contributed by atoms with Gasteiger partial charge in [-0.2, -0.15) is 13.2 Å². The number of primary amides is 1. The molecule has 2 rings (SSSR count). The lowest BCUT2D eigenvalue weighted by atomic mass is 9.96. The van der Waals surface area contributed by atoms with E-state index in [2.05, 4.69) is 4.98 Å². The summed E-state index contributed by atoms with van der Waals surface area (Å²) in [4.78, 5) is 16.6. The molecule has 2 heterocycles. The molecule has 0 spiro atoms. The van der Waals surface area contributed by atoms with Crippen LogP contribution in [-0.2, 0) is 6.18 Å². The molecule has 2 atom stereocenters. The molecule has 0 aliphatic carbocycles. The molecular formula is C13H17F3N4O. The van der Waals surface area contributed by atoms with E-state index in [-0.39, 0.29) is 23.3 Å². The first-order valence-corrected chi connectivity index (χ1v) is 6.57. The number of piperidine rings is 1. The molecule has 1 saturated heterocycles. The SMILES string of the molecule is CC1CC(N)CN(c2nc(C(F)(F)F)ccc2C(N)=O)C1. The fourth-order valence-corrected chi connectivity index (χ4v) is 2.61. The third kappa shape index (κ3) is 3.44. The van der Waals surface area contributed by atoms with Gasteiger partial charge in [0.25, 0.3) is 5.91 Å². The van der Waals surface area contributed by atoms with E-state index in [1.807, 2.05) is 6.92 Å². The van der Waals surface area contributed by atoms with E-state index < -0.39 is 17.8 Å². The summed E-state index contributed by atoms with van der Waals surface area (Å²) in [7, 11) is 0. The molecule has 1 fully saturated rings. The van der Waals surface area contributed by atoms with Crippen LogP contribution in [0.25, 0.3) is 0 Å². The molecule has 8 heteroatoms. The maximum Gasteiger partial charge on any atom is 0.433 e. The minimum atomic E-state index is -4.57. The average Bonchev–Trinajstić information content (AvgIpc) is 2.35. The Morgan fingerprint density at radius 2 is 2.05 bits per heavy atom. The van der Waals surface area contributed by atoms with Gasteiger partial charge in [0.2, 0.25) is 0 Å². The summed E-state index contributed by atoms with van der Waals surface area (Å²) in [5.41, 5.74) is 10.1. The first-order chi connectivity index (χ1) is 9.68. The molecule has 4 N–H and O–H groups in total. The lowest BCUT2D eigenvalue weighted by Gasteiger charge is -2.36. The molecule has 1 amide bonds. The van der Waals surface area contributed by atoms with E-state index in [4.69, 9.17) is 11.5 Å². The number of aromatic nitrogens is 1. The normalized spacial score (nSPS) is 23.2. The van der Waals surface area contributed by atoms with Crippen LogP contribution in [0.5, 0.6) is 0 Å². The topological polar surface area (TPSA) is 85.2 Å². The predicted molar refractivity (Wildman–Crippen MR) is 71.7 cm³/mol. The molecule has 1 aliphatic rings. The van der Waals surface area contributed by atoms with Crippen LogP contribution in [0.3, 0.4) is 0 Å². The summed E-state index contributed by atoms with van der Waals surface area (Å²) < 4.78 is 38.4. The van der Waals surface area contributed by atoms with E-state index in [1.54, 1.807) is 4.90 Å². The molecule has 0 radical (unpaired) electrons. The number of pyridine rings is 1. The number of carbonyl (C=O) groups excluding carboxylic acids is 1. The zero-order valence-electron chi connectivity index (χ0n) is 11.5. The Hall–Kier alpha value is -1.83. The first-order valence-electron chi connectivity index (χ1n) is 6.57. The number of anilines is 1. The summed E-state index contributed by atoms with van der Waals surface area (Å²) in [5.74, 6) is -0.650. The van der Waals surface area contributed by atoms with Gasteiger partial charge in [0, 0.05) is 19.1 Å². The highest BCUT2D eigenvalue weighted by Gasteiger charge is 2.35. The molecule has 2 unspecified atom stereocenters. The summed E-state index contributed by atoms with van der Waals surface area (Å²) in [6.45, 7) is 2.78. The van der Waals surface area contributed by atoms with E-state index in [0.29, 0.717) is 13.1 Å². The molecule has 116 valence electrons. The minimum Gasteiger partial charge on any atom is -0.365 e. The predicted octanol–water partition coefficient (Wildman–Crippen LogP) is 1.37. The summed E-state index contributed by atoms with van der Waals surface area (Å²) in [6.07, 6.45) is -3.80. The number of amides is 1. The highest BCUT2D eigenvalue weighted by molar-refractivity contribution is 5.97. The Morgan fingerprint density at radius 1 is 1.38 bits per heavy atom. The number of nitrogens with zero attached hydrogens (tertiary/aromatic N) is 2. The van der Waals surface area contributed by atoms with Crippen molar-refractivity contribution < 1.29 is 18.0 Å². The fourth-order valence-electron chi connectivity index (χ4n) is 2.61. The standard InChI is InChI=1S/C13H17F3N4O/c1-7-4-8(17)6-20(5-7)12-9(11(18)21)2-3-10(19-12)13(14,15)16/h2-3,7-8H,4-6,17H2,1H3,(H2,18,21). The van der Waals surface area contributed by atoms with Crippen LogP contribution in [0.2, 0.25) is 0 Å². The molecule has 0 aromatic carbocycles. The van der Waals surface area contributed by atoms with Crippen LogP contribution in [0.4, 0.5) is 19.0 Å². The molecule has 1 aromatic heterocycles. The zero-order valence-corrected chi connectivity index (χ0v) is 11.5. The van der Waals surface area contributed by atoms with Gasteiger partial charge in [-0.25, -0.2) is 4.98 Å². The highest BCUT2D eigenvalue weighted by Crippen LogP contribution is 2.31. The smallest absolute Gasteiger partial charge is 0.365 e. The van der Waals surface area contributed by atoms with Crippen molar-refractivity contribution in [2.24, 2.45) is 17.4 Å². The van der Waals surface area contributed by atoms with Crippen LogP contribution in [0, 0.1) is 5.92 Å². The quantitative estimate of drug-likeness (QED) is 0.864. The van der Waals surface area contributed by atoms with Gasteiger partial charge < -0.3 is 16.4 Å². The molecule has 0 bridgehead atoms. The van der Waals surface area contributed by atoms with Gasteiger partial charge in [-0.15, -0.1) is 0 Å². The molecule has 0 saturated carbocycles. The van der Waals surface area contributed by atoms with Crippen LogP contribution in [0.15, 0.2) is 12.1 Å². The lowest BCUT2D eigenvalue weighted by molar-refractivity contribution is -0.141. The van der Waals surface area contributed by atoms with Crippen molar-refractivity contribution in [1.82, 2.24) is 4.98 Å². The molecular weight excluding hydrogens is 285 g/mol. The largest absolute Gasteiger partial charge is 0.433 e. The van der Waals surface area contributed by atoms with Crippen LogP contribution in [0.1, 0.15) is 29.4 Å². The Balaban J connectivity index is 2.45. The Labute approximate surface area is 120 Å². The number of hydrogen-bond acceptors (Lipinski definition) is 4. The van der Waals surface area contributed by atoms with Crippen LogP contribution >= 0.6 is 0 Å². The van der Waals surface area contributed by atoms with Crippen molar-refractivity contribution >= 4 is 11.7 Å².